The van der Waals surface area contributed by atoms with Gasteiger partial charge in [-0.1, -0.05) is 58.0 Å². The first-order valence-electron chi connectivity index (χ1n) is 21.0. The summed E-state index contributed by atoms with van der Waals surface area (Å²) < 4.78 is 49.2. The number of unbranched alkanes of at least 4 members (excludes halogenated alkanes) is 1. The number of aliphatic hydroxyl groups is 1. The fraction of sp³-hybridized carbons (Fsp3) is 0.682. The third-order valence-corrected chi connectivity index (χ3v) is 12.7. The molecule has 2 N–H and O–H groups in total. The Balaban J connectivity index is 1.46. The fourth-order valence-electron chi connectivity index (χ4n) is 9.44. The van der Waals surface area contributed by atoms with Crippen molar-refractivity contribution in [2.24, 2.45) is 17.8 Å². The van der Waals surface area contributed by atoms with Crippen LogP contribution in [0.15, 0.2) is 42.9 Å². The molecule has 15 nitrogen and oxygen atoms in total. The van der Waals surface area contributed by atoms with Crippen LogP contribution in [0, 0.1) is 17.8 Å². The number of imidazole rings is 1. The van der Waals surface area contributed by atoms with E-state index in [0.717, 1.165) is 18.2 Å². The molecule has 4 heterocycles. The van der Waals surface area contributed by atoms with E-state index in [2.05, 4.69) is 10.3 Å². The summed E-state index contributed by atoms with van der Waals surface area (Å²) in [5.74, 6) is -6.43. The van der Waals surface area contributed by atoms with E-state index in [1.807, 2.05) is 41.1 Å². The standard InChI is InChI=1S/C44H63FN4O11/c1-11-33-44(9)36(49(41(55)60-44)20-16-15-19-48-23-32(46-24-48)30-17-13-12-14-18-30)27(4)34(51)25(2)22-42(7,56-10)38(28(5)37(53)43(8,45)40(54)58-33)59-39-35(52)31(47-29(6)50)21-26(3)57-39/h12-14,17-18,23-28,31,33,35-36,38-39,52H,11,15-16,19-22H2,1-10H3,(H,47,50)/t25-,26-,27+,28+,31+,33-,35+,36?,38-,39+,42-,43+,44-/m1/s1. The Hall–Kier alpha value is -4.25. The number of aromatic nitrogens is 2. The molecular formula is C44H63FN4O11. The van der Waals surface area contributed by atoms with Crippen molar-refractivity contribution in [2.45, 2.75) is 161 Å². The molecule has 0 saturated carbocycles. The van der Waals surface area contributed by atoms with E-state index in [1.165, 1.54) is 25.9 Å². The lowest BCUT2D eigenvalue weighted by molar-refractivity contribution is -0.290. The molecule has 0 aliphatic carbocycles. The highest BCUT2D eigenvalue weighted by molar-refractivity contribution is 6.08. The molecule has 332 valence electrons. The molecule has 3 saturated heterocycles. The van der Waals surface area contributed by atoms with Crippen molar-refractivity contribution in [3.63, 3.8) is 0 Å². The molecule has 3 fully saturated rings. The normalized spacial score (nSPS) is 36.9. The number of aryl methyl sites for hydroxylation is 1. The summed E-state index contributed by atoms with van der Waals surface area (Å²) in [4.78, 5) is 74.7. The van der Waals surface area contributed by atoms with Crippen LogP contribution < -0.4 is 5.32 Å². The Morgan fingerprint density at radius 1 is 1.03 bits per heavy atom. The lowest BCUT2D eigenvalue weighted by Crippen LogP contribution is -2.62. The fourth-order valence-corrected chi connectivity index (χ4v) is 9.44. The lowest BCUT2D eigenvalue weighted by atomic mass is 9.73. The highest BCUT2D eigenvalue weighted by Gasteiger charge is 2.61. The number of fused-ring (bicyclic) bond motifs is 1. The van der Waals surface area contributed by atoms with Crippen molar-refractivity contribution in [1.82, 2.24) is 19.8 Å². The highest BCUT2D eigenvalue weighted by atomic mass is 19.1. The second-order valence-electron chi connectivity index (χ2n) is 17.4. The third-order valence-electron chi connectivity index (χ3n) is 12.7. The number of aliphatic hydroxyl groups excluding tert-OH is 1. The molecule has 1 unspecified atom stereocenters. The largest absolute Gasteiger partial charge is 0.455 e. The summed E-state index contributed by atoms with van der Waals surface area (Å²) in [5.41, 5.74) is -4.52. The monoisotopic (exact) mass is 842 g/mol. The van der Waals surface area contributed by atoms with Gasteiger partial charge in [0.05, 0.1) is 41.9 Å². The molecule has 3 aliphatic heterocycles. The first-order chi connectivity index (χ1) is 28.2. The molecule has 1 aromatic carbocycles. The number of hydrogen-bond acceptors (Lipinski definition) is 12. The van der Waals surface area contributed by atoms with Gasteiger partial charge < -0.3 is 43.6 Å². The summed E-state index contributed by atoms with van der Waals surface area (Å²) in [6.45, 7) is 14.3. The zero-order valence-corrected chi connectivity index (χ0v) is 36.5. The number of rotatable bonds is 11. The number of nitrogens with zero attached hydrogens (tertiary/aromatic N) is 3. The van der Waals surface area contributed by atoms with Gasteiger partial charge >= 0.3 is 12.1 Å². The van der Waals surface area contributed by atoms with Crippen molar-refractivity contribution < 1.29 is 57.2 Å². The average Bonchev–Trinajstić information content (AvgIpc) is 3.78. The van der Waals surface area contributed by atoms with Crippen LogP contribution in [-0.4, -0.2) is 122 Å². The lowest BCUT2D eigenvalue weighted by Gasteiger charge is -2.46. The van der Waals surface area contributed by atoms with E-state index in [4.69, 9.17) is 23.7 Å². The number of methoxy groups -OCH3 is 1. The number of hydrogen-bond donors (Lipinski definition) is 2. The number of benzene rings is 1. The number of Topliss-reactive ketones (excluding diaryl/α,β-unsaturated/α-hetero) is 2. The Labute approximate surface area is 352 Å². The van der Waals surface area contributed by atoms with Gasteiger partial charge in [-0.25, -0.2) is 19.0 Å². The number of ketones is 2. The van der Waals surface area contributed by atoms with Gasteiger partial charge in [-0.3, -0.25) is 14.4 Å². The number of cyclic esters (lactones) is 1. The van der Waals surface area contributed by atoms with Crippen LogP contribution >= 0.6 is 0 Å². The number of ether oxygens (including phenoxy) is 5. The maximum absolute atomic E-state index is 16.9. The first kappa shape index (κ1) is 46.8. The number of esters is 1. The third kappa shape index (κ3) is 9.61. The van der Waals surface area contributed by atoms with Crippen molar-refractivity contribution in [3.8, 4) is 11.3 Å². The highest BCUT2D eigenvalue weighted by Crippen LogP contribution is 2.43. The Morgan fingerprint density at radius 2 is 1.70 bits per heavy atom. The summed E-state index contributed by atoms with van der Waals surface area (Å²) in [7, 11) is 1.36. The van der Waals surface area contributed by atoms with Crippen LogP contribution in [-0.2, 0) is 49.4 Å². The SMILES string of the molecule is CC[C@H]1OC(=O)[C@@](C)(F)C(=O)[C@H](C)[C@@H](O[C@@H]2O[C@H](C)C[C@H](NC(C)=O)[C@@H]2O)[C@](C)(OC)C[C@@H](C)C(=O)[C@H](C)C2N(CCCCn3cnc(-c4ccccc4)c3)C(=O)O[C@@]21C. The van der Waals surface area contributed by atoms with E-state index < -0.39 is 95.3 Å². The van der Waals surface area contributed by atoms with Crippen LogP contribution in [0.1, 0.15) is 94.4 Å². The zero-order chi connectivity index (χ0) is 44.3. The molecule has 3 aliphatic rings. The molecule has 0 spiro atoms. The number of halogens is 1. The van der Waals surface area contributed by atoms with Crippen molar-refractivity contribution in [1.29, 1.82) is 0 Å². The topological polar surface area (TPSA) is 185 Å². The molecule has 2 aromatic rings. The average molecular weight is 843 g/mol. The molecule has 60 heavy (non-hydrogen) atoms. The van der Waals surface area contributed by atoms with Crippen LogP contribution in [0.5, 0.6) is 0 Å². The molecule has 13 atom stereocenters. The van der Waals surface area contributed by atoms with E-state index in [-0.39, 0.29) is 37.5 Å². The van der Waals surface area contributed by atoms with Gasteiger partial charge in [-0.2, -0.15) is 0 Å². The van der Waals surface area contributed by atoms with E-state index in [1.54, 1.807) is 47.9 Å². The number of amides is 2. The second-order valence-corrected chi connectivity index (χ2v) is 17.4. The minimum Gasteiger partial charge on any atom is -0.455 e. The predicted molar refractivity (Wildman–Crippen MR) is 217 cm³/mol. The maximum Gasteiger partial charge on any atom is 0.410 e. The van der Waals surface area contributed by atoms with Gasteiger partial charge in [-0.05, 0) is 59.8 Å². The van der Waals surface area contributed by atoms with E-state index >= 15 is 4.39 Å². The van der Waals surface area contributed by atoms with Gasteiger partial charge in [0, 0.05) is 56.6 Å². The van der Waals surface area contributed by atoms with Crippen LogP contribution in [0.2, 0.25) is 0 Å². The summed E-state index contributed by atoms with van der Waals surface area (Å²) >= 11 is 0. The number of alkyl halides is 1. The van der Waals surface area contributed by atoms with Crippen molar-refractivity contribution >= 4 is 29.5 Å². The van der Waals surface area contributed by atoms with Gasteiger partial charge in [-0.15, -0.1) is 0 Å². The summed E-state index contributed by atoms with van der Waals surface area (Å²) in [6.07, 6.45) is -1.49. The molecule has 5 rings (SSSR count). The number of carbonyl (C=O) groups excluding carboxylic acids is 5. The van der Waals surface area contributed by atoms with Gasteiger partial charge in [0.25, 0.3) is 5.67 Å². The minimum absolute atomic E-state index is 0.0543. The molecular weight excluding hydrogens is 779 g/mol. The van der Waals surface area contributed by atoms with Gasteiger partial charge in [0.15, 0.2) is 17.7 Å². The Bertz CT molecular complexity index is 1860. The molecule has 16 heteroatoms. The number of nitrogens with one attached hydrogen (secondary N) is 1. The molecule has 1 aromatic heterocycles. The number of carbonyl (C=O) groups is 5. The van der Waals surface area contributed by atoms with Crippen LogP contribution in [0.3, 0.4) is 0 Å². The van der Waals surface area contributed by atoms with Gasteiger partial charge in [0.1, 0.15) is 18.0 Å². The summed E-state index contributed by atoms with van der Waals surface area (Å²) in [5, 5.41) is 14.0. The Kier molecular flexibility index (Phi) is 14.7. The van der Waals surface area contributed by atoms with Gasteiger partial charge in [0.2, 0.25) is 5.91 Å². The maximum atomic E-state index is 16.9. The smallest absolute Gasteiger partial charge is 0.410 e. The predicted octanol–water partition coefficient (Wildman–Crippen LogP) is 5.20. The van der Waals surface area contributed by atoms with Crippen LogP contribution in [0.25, 0.3) is 11.3 Å². The molecule has 0 radical (unpaired) electrons. The zero-order valence-electron chi connectivity index (χ0n) is 36.5. The second kappa shape index (κ2) is 18.8. The van der Waals surface area contributed by atoms with Crippen LogP contribution in [0.4, 0.5) is 9.18 Å². The van der Waals surface area contributed by atoms with Crippen molar-refractivity contribution in [3.05, 3.63) is 42.9 Å². The Morgan fingerprint density at radius 3 is 2.33 bits per heavy atom. The minimum atomic E-state index is -3.22. The molecule has 2 amide bonds. The van der Waals surface area contributed by atoms with E-state index in [0.29, 0.717) is 19.4 Å². The summed E-state index contributed by atoms with van der Waals surface area (Å²) in [6, 6.07) is 8.09. The molecule has 0 bridgehead atoms. The first-order valence-corrected chi connectivity index (χ1v) is 21.0. The van der Waals surface area contributed by atoms with E-state index in [9.17, 15) is 29.1 Å². The van der Waals surface area contributed by atoms with Crippen molar-refractivity contribution in [2.75, 3.05) is 13.7 Å². The quantitative estimate of drug-likeness (QED) is 0.172.